The Hall–Kier alpha value is -1.58. The first kappa shape index (κ1) is 10.5. The summed E-state index contributed by atoms with van der Waals surface area (Å²) in [6, 6.07) is 1.49. The maximum absolute atomic E-state index is 11.0. The molecule has 0 fully saturated rings. The molecule has 0 aromatic carbocycles. The molecule has 4 nitrogen and oxygen atoms in total. The summed E-state index contributed by atoms with van der Waals surface area (Å²) in [5, 5.41) is 8.54. The molecule has 0 atom stereocenters. The van der Waals surface area contributed by atoms with Crippen molar-refractivity contribution in [1.82, 2.24) is 4.98 Å². The smallest absolute Gasteiger partial charge is 0.303 e. The van der Waals surface area contributed by atoms with Crippen molar-refractivity contribution >= 4 is 5.97 Å². The summed E-state index contributed by atoms with van der Waals surface area (Å²) in [6.07, 6.45) is 0.553. The summed E-state index contributed by atoms with van der Waals surface area (Å²) in [5.74, 6) is -0.824. The van der Waals surface area contributed by atoms with Gasteiger partial charge in [-0.05, 0) is 31.4 Å². The van der Waals surface area contributed by atoms with Crippen molar-refractivity contribution in [3.8, 4) is 0 Å². The number of aliphatic carboxylic acids is 1. The van der Waals surface area contributed by atoms with Gasteiger partial charge in [0.1, 0.15) is 0 Å². The first-order valence-corrected chi connectivity index (χ1v) is 4.42. The molecule has 4 heteroatoms. The topological polar surface area (TPSA) is 70.2 Å². The number of rotatable bonds is 3. The maximum atomic E-state index is 11.0. The van der Waals surface area contributed by atoms with Crippen LogP contribution in [0.5, 0.6) is 0 Å². The first-order valence-electron chi connectivity index (χ1n) is 4.42. The predicted molar refractivity (Wildman–Crippen MR) is 52.5 cm³/mol. The number of aromatic amines is 1. The number of carbonyl (C=O) groups is 1. The van der Waals surface area contributed by atoms with Crippen LogP contribution in [0.3, 0.4) is 0 Å². The van der Waals surface area contributed by atoms with Crippen molar-refractivity contribution in [3.63, 3.8) is 0 Å². The zero-order chi connectivity index (χ0) is 10.7. The molecule has 2 N–H and O–H groups in total. The van der Waals surface area contributed by atoms with Gasteiger partial charge in [0.25, 0.3) is 0 Å². The highest BCUT2D eigenvalue weighted by Gasteiger charge is 2.06. The highest BCUT2D eigenvalue weighted by Crippen LogP contribution is 2.10. The highest BCUT2D eigenvalue weighted by atomic mass is 16.4. The normalized spacial score (nSPS) is 10.1. The zero-order valence-corrected chi connectivity index (χ0v) is 8.26. The number of H-pyrrole nitrogens is 1. The second kappa shape index (κ2) is 4.09. The van der Waals surface area contributed by atoms with Crippen LogP contribution in [0.1, 0.15) is 23.2 Å². The Morgan fingerprint density at radius 1 is 1.50 bits per heavy atom. The van der Waals surface area contributed by atoms with E-state index in [0.29, 0.717) is 6.42 Å². The maximum Gasteiger partial charge on any atom is 0.303 e. The van der Waals surface area contributed by atoms with Crippen LogP contribution in [0, 0.1) is 13.8 Å². The molecule has 0 aliphatic rings. The SMILES string of the molecule is Cc1cc(=O)[nH]c(C)c1CCC(=O)O. The number of aryl methyl sites for hydroxylation is 2. The van der Waals surface area contributed by atoms with E-state index in [4.69, 9.17) is 5.11 Å². The molecule has 0 saturated carbocycles. The van der Waals surface area contributed by atoms with E-state index in [-0.39, 0.29) is 12.0 Å². The molecule has 0 unspecified atom stereocenters. The summed E-state index contributed by atoms with van der Waals surface area (Å²) in [6.45, 7) is 3.60. The second-order valence-electron chi connectivity index (χ2n) is 3.31. The van der Waals surface area contributed by atoms with Gasteiger partial charge >= 0.3 is 5.97 Å². The number of carboxylic acids is 1. The Morgan fingerprint density at radius 2 is 2.14 bits per heavy atom. The largest absolute Gasteiger partial charge is 0.481 e. The van der Waals surface area contributed by atoms with Crippen LogP contribution in [-0.2, 0) is 11.2 Å². The lowest BCUT2D eigenvalue weighted by atomic mass is 10.0. The number of carboxylic acid groups (broad SMARTS) is 1. The standard InChI is InChI=1S/C10H13NO3/c1-6-5-9(12)11-7(2)8(6)3-4-10(13)14/h5H,3-4H2,1-2H3,(H,11,12)(H,13,14). The van der Waals surface area contributed by atoms with Gasteiger partial charge in [0.05, 0.1) is 0 Å². The lowest BCUT2D eigenvalue weighted by Gasteiger charge is -2.06. The minimum absolute atomic E-state index is 0.0910. The van der Waals surface area contributed by atoms with Crippen LogP contribution in [0.4, 0.5) is 0 Å². The van der Waals surface area contributed by atoms with E-state index >= 15 is 0 Å². The molecule has 0 spiro atoms. The Bertz CT molecular complexity index is 380. The molecule has 0 radical (unpaired) electrons. The lowest BCUT2D eigenvalue weighted by molar-refractivity contribution is -0.136. The second-order valence-corrected chi connectivity index (χ2v) is 3.31. The van der Waals surface area contributed by atoms with E-state index in [0.717, 1.165) is 16.8 Å². The Morgan fingerprint density at radius 3 is 2.64 bits per heavy atom. The number of pyridine rings is 1. The van der Waals surface area contributed by atoms with E-state index < -0.39 is 5.97 Å². The van der Waals surface area contributed by atoms with Crippen molar-refractivity contribution in [2.24, 2.45) is 0 Å². The molecule has 0 saturated heterocycles. The summed E-state index contributed by atoms with van der Waals surface area (Å²) in [4.78, 5) is 24.1. The predicted octanol–water partition coefficient (Wildman–Crippen LogP) is 1.01. The summed E-state index contributed by atoms with van der Waals surface area (Å²) < 4.78 is 0. The molecular formula is C10H13NO3. The third-order valence-electron chi connectivity index (χ3n) is 2.18. The Balaban J connectivity index is 2.97. The van der Waals surface area contributed by atoms with Crippen molar-refractivity contribution < 1.29 is 9.90 Å². The summed E-state index contributed by atoms with van der Waals surface area (Å²) in [7, 11) is 0. The van der Waals surface area contributed by atoms with Gasteiger partial charge in [-0.1, -0.05) is 0 Å². The number of hydrogen-bond donors (Lipinski definition) is 2. The van der Waals surface area contributed by atoms with Crippen LogP contribution in [0.15, 0.2) is 10.9 Å². The van der Waals surface area contributed by atoms with E-state index in [1.807, 2.05) is 6.92 Å². The van der Waals surface area contributed by atoms with E-state index in [2.05, 4.69) is 4.98 Å². The van der Waals surface area contributed by atoms with Crippen LogP contribution < -0.4 is 5.56 Å². The quantitative estimate of drug-likeness (QED) is 0.756. The Kier molecular flexibility index (Phi) is 3.06. The van der Waals surface area contributed by atoms with Crippen molar-refractivity contribution in [3.05, 3.63) is 33.2 Å². The van der Waals surface area contributed by atoms with Gasteiger partial charge in [-0.15, -0.1) is 0 Å². The number of hydrogen-bond acceptors (Lipinski definition) is 2. The average molecular weight is 195 g/mol. The van der Waals surface area contributed by atoms with Crippen molar-refractivity contribution in [1.29, 1.82) is 0 Å². The van der Waals surface area contributed by atoms with Gasteiger partial charge in [-0.3, -0.25) is 9.59 Å². The lowest BCUT2D eigenvalue weighted by Crippen LogP contribution is -2.11. The molecule has 0 bridgehead atoms. The highest BCUT2D eigenvalue weighted by molar-refractivity contribution is 5.67. The molecule has 0 aliphatic carbocycles. The monoisotopic (exact) mass is 195 g/mol. The number of nitrogens with one attached hydrogen (secondary N) is 1. The fourth-order valence-corrected chi connectivity index (χ4v) is 1.49. The van der Waals surface area contributed by atoms with E-state index in [9.17, 15) is 9.59 Å². The minimum atomic E-state index is -0.824. The summed E-state index contributed by atoms with van der Waals surface area (Å²) in [5.41, 5.74) is 2.40. The van der Waals surface area contributed by atoms with Gasteiger partial charge in [-0.2, -0.15) is 0 Å². The van der Waals surface area contributed by atoms with Crippen molar-refractivity contribution in [2.45, 2.75) is 26.7 Å². The average Bonchev–Trinajstić information content (AvgIpc) is 2.01. The van der Waals surface area contributed by atoms with Crippen LogP contribution in [0.25, 0.3) is 0 Å². The third-order valence-corrected chi connectivity index (χ3v) is 2.18. The fraction of sp³-hybridized carbons (Fsp3) is 0.400. The van der Waals surface area contributed by atoms with Gasteiger partial charge in [0.2, 0.25) is 5.56 Å². The minimum Gasteiger partial charge on any atom is -0.481 e. The molecule has 14 heavy (non-hydrogen) atoms. The van der Waals surface area contributed by atoms with Crippen LogP contribution >= 0.6 is 0 Å². The van der Waals surface area contributed by atoms with Crippen molar-refractivity contribution in [2.75, 3.05) is 0 Å². The zero-order valence-electron chi connectivity index (χ0n) is 8.26. The molecule has 1 rings (SSSR count). The molecule has 1 heterocycles. The molecule has 1 aromatic rings. The number of aromatic nitrogens is 1. The van der Waals surface area contributed by atoms with Gasteiger partial charge in [-0.25, -0.2) is 0 Å². The van der Waals surface area contributed by atoms with Gasteiger partial charge < -0.3 is 10.1 Å². The first-order chi connectivity index (χ1) is 6.50. The molecule has 0 aliphatic heterocycles. The third kappa shape index (κ3) is 2.45. The fourth-order valence-electron chi connectivity index (χ4n) is 1.49. The molecule has 0 amide bonds. The molecular weight excluding hydrogens is 182 g/mol. The molecule has 76 valence electrons. The van der Waals surface area contributed by atoms with Crippen LogP contribution in [0.2, 0.25) is 0 Å². The van der Waals surface area contributed by atoms with E-state index in [1.54, 1.807) is 6.92 Å². The van der Waals surface area contributed by atoms with E-state index in [1.165, 1.54) is 6.07 Å². The van der Waals surface area contributed by atoms with Gasteiger partial charge in [0.15, 0.2) is 0 Å². The Labute approximate surface area is 81.6 Å². The van der Waals surface area contributed by atoms with Crippen LogP contribution in [-0.4, -0.2) is 16.1 Å². The summed E-state index contributed by atoms with van der Waals surface area (Å²) >= 11 is 0. The van der Waals surface area contributed by atoms with Gasteiger partial charge in [0, 0.05) is 18.2 Å². The molecule has 1 aromatic heterocycles.